The van der Waals surface area contributed by atoms with Crippen molar-refractivity contribution in [1.29, 1.82) is 0 Å². The molecule has 3 N–H and O–H groups in total. The zero-order valence-corrected chi connectivity index (χ0v) is 23.4. The van der Waals surface area contributed by atoms with Gasteiger partial charge in [0.05, 0.1) is 42.4 Å². The molecule has 5 rings (SSSR count). The highest BCUT2D eigenvalue weighted by Crippen LogP contribution is 2.67. The second-order valence-electron chi connectivity index (χ2n) is 10.4. The van der Waals surface area contributed by atoms with E-state index in [-0.39, 0.29) is 34.4 Å². The van der Waals surface area contributed by atoms with E-state index in [2.05, 4.69) is 31.5 Å². The molecule has 3 unspecified atom stereocenters. The lowest BCUT2D eigenvalue weighted by Gasteiger charge is -2.36. The average Bonchev–Trinajstić information content (AvgIpc) is 3.51. The fourth-order valence-electron chi connectivity index (χ4n) is 6.39. The Morgan fingerprint density at radius 1 is 1.22 bits per heavy atom. The van der Waals surface area contributed by atoms with E-state index in [1.165, 1.54) is 0 Å². The summed E-state index contributed by atoms with van der Waals surface area (Å²) < 4.78 is 4.69. The van der Waals surface area contributed by atoms with Gasteiger partial charge in [0.1, 0.15) is 6.04 Å². The Kier molecular flexibility index (Phi) is 8.16. The normalized spacial score (nSPS) is 33.9. The number of carbonyl (C=O) groups excluding carboxylic acids is 3. The Morgan fingerprint density at radius 3 is 2.65 bits per heavy atom. The van der Waals surface area contributed by atoms with Gasteiger partial charge in [0.15, 0.2) is 0 Å². The molecule has 1 aromatic rings. The first-order chi connectivity index (χ1) is 17.9. The minimum Gasteiger partial charge on any atom is -0.394 e. The van der Waals surface area contributed by atoms with Crippen molar-refractivity contribution >= 4 is 45.4 Å². The number of nitrogens with one attached hydrogen (secondary N) is 2. The van der Waals surface area contributed by atoms with Crippen molar-refractivity contribution in [2.75, 3.05) is 46.0 Å². The van der Waals surface area contributed by atoms with E-state index in [1.54, 1.807) is 23.6 Å². The number of hydrogen-bond donors (Lipinski definition) is 3. The van der Waals surface area contributed by atoms with E-state index in [4.69, 9.17) is 4.74 Å². The third-order valence-electron chi connectivity index (χ3n) is 8.16. The molecule has 2 bridgehead atoms. The number of alkyl halides is 1. The smallest absolute Gasteiger partial charge is 0.244 e. The predicted molar refractivity (Wildman–Crippen MR) is 144 cm³/mol. The van der Waals surface area contributed by atoms with Gasteiger partial charge in [-0.05, 0) is 18.9 Å². The summed E-state index contributed by atoms with van der Waals surface area (Å²) in [7, 11) is 0. The van der Waals surface area contributed by atoms with Crippen LogP contribution in [0.15, 0.2) is 30.3 Å². The van der Waals surface area contributed by atoms with Gasteiger partial charge in [-0.25, -0.2) is 0 Å². The molecule has 1 aromatic carbocycles. The van der Waals surface area contributed by atoms with Crippen molar-refractivity contribution < 1.29 is 24.2 Å². The van der Waals surface area contributed by atoms with Gasteiger partial charge in [-0.2, -0.15) is 0 Å². The van der Waals surface area contributed by atoms with Crippen LogP contribution in [0.1, 0.15) is 18.9 Å². The van der Waals surface area contributed by atoms with E-state index in [9.17, 15) is 19.5 Å². The van der Waals surface area contributed by atoms with Crippen LogP contribution in [0.4, 0.5) is 0 Å². The van der Waals surface area contributed by atoms with E-state index in [0.29, 0.717) is 39.3 Å². The number of thioether (sulfide) groups is 1. The van der Waals surface area contributed by atoms with Gasteiger partial charge >= 0.3 is 0 Å². The first-order valence-electron chi connectivity index (χ1n) is 13.0. The molecule has 0 aromatic heterocycles. The van der Waals surface area contributed by atoms with Crippen LogP contribution in [0.3, 0.4) is 0 Å². The van der Waals surface area contributed by atoms with Gasteiger partial charge in [0, 0.05) is 42.8 Å². The number of benzene rings is 1. The second-order valence-corrected chi connectivity index (χ2v) is 13.1. The highest BCUT2D eigenvalue weighted by atomic mass is 79.9. The lowest BCUT2D eigenvalue weighted by Crippen LogP contribution is -2.57. The Morgan fingerprint density at radius 2 is 1.95 bits per heavy atom. The van der Waals surface area contributed by atoms with Crippen LogP contribution in [0.25, 0.3) is 0 Å². The fourth-order valence-corrected chi connectivity index (χ4v) is 9.99. The molecule has 37 heavy (non-hydrogen) atoms. The van der Waals surface area contributed by atoms with Crippen molar-refractivity contribution in [2.45, 2.75) is 46.8 Å². The maximum absolute atomic E-state index is 13.9. The summed E-state index contributed by atoms with van der Waals surface area (Å²) in [5, 5.41) is 16.0. The van der Waals surface area contributed by atoms with Crippen molar-refractivity contribution in [3.8, 4) is 0 Å². The molecular weight excluding hydrogens is 560 g/mol. The topological polar surface area (TPSA) is 111 Å². The number of morpholine rings is 1. The molecule has 9 nitrogen and oxygen atoms in total. The first kappa shape index (κ1) is 26.9. The molecule has 4 aliphatic rings. The molecule has 202 valence electrons. The summed E-state index contributed by atoms with van der Waals surface area (Å²) in [5.41, 5.74) is 0.988. The minimum atomic E-state index is -0.737. The number of aliphatic hydroxyl groups is 1. The van der Waals surface area contributed by atoms with E-state index < -0.39 is 28.7 Å². The number of nitrogens with zero attached hydrogens (tertiary/aromatic N) is 2. The van der Waals surface area contributed by atoms with Crippen molar-refractivity contribution in [2.24, 2.45) is 11.8 Å². The number of ether oxygens (including phenoxy) is 1. The SMILES string of the molecule is C[C@H](CO)N1C(=O)[C@@H]2[C@H](C(=O)NCc3ccccc3)[C@H]3SC2(CC3Br)C1C(=O)NCCN1CCOCC1. The van der Waals surface area contributed by atoms with Crippen LogP contribution < -0.4 is 10.6 Å². The Hall–Kier alpha value is -1.66. The minimum absolute atomic E-state index is 0.0158. The number of rotatable bonds is 9. The number of amides is 3. The summed E-state index contributed by atoms with van der Waals surface area (Å²) in [5.74, 6) is -1.71. The van der Waals surface area contributed by atoms with Gasteiger partial charge in [-0.3, -0.25) is 19.3 Å². The summed E-state index contributed by atoms with van der Waals surface area (Å²) in [6, 6.07) is 8.42. The highest BCUT2D eigenvalue weighted by molar-refractivity contribution is 9.09. The maximum Gasteiger partial charge on any atom is 0.244 e. The molecule has 7 atom stereocenters. The number of halogens is 1. The molecule has 4 heterocycles. The van der Waals surface area contributed by atoms with E-state index >= 15 is 0 Å². The van der Waals surface area contributed by atoms with Gasteiger partial charge in [-0.1, -0.05) is 46.3 Å². The van der Waals surface area contributed by atoms with E-state index in [1.807, 2.05) is 30.3 Å². The number of fused-ring (bicyclic) bond motifs is 1. The lowest BCUT2D eigenvalue weighted by molar-refractivity contribution is -0.142. The molecule has 4 aliphatic heterocycles. The average molecular weight is 596 g/mol. The van der Waals surface area contributed by atoms with Crippen LogP contribution in [-0.4, -0.2) is 106 Å². The van der Waals surface area contributed by atoms with Crippen molar-refractivity contribution in [1.82, 2.24) is 20.4 Å². The van der Waals surface area contributed by atoms with E-state index in [0.717, 1.165) is 18.7 Å². The molecular formula is C26H35BrN4O5S. The van der Waals surface area contributed by atoms with Crippen molar-refractivity contribution in [3.05, 3.63) is 35.9 Å². The molecule has 4 fully saturated rings. The number of carbonyl (C=O) groups is 3. The second kappa shape index (κ2) is 11.2. The van der Waals surface area contributed by atoms with Crippen LogP contribution in [0, 0.1) is 11.8 Å². The maximum atomic E-state index is 13.9. The largest absolute Gasteiger partial charge is 0.394 e. The molecule has 4 saturated heterocycles. The highest BCUT2D eigenvalue weighted by Gasteiger charge is 2.75. The molecule has 3 amide bonds. The number of likely N-dealkylation sites (tertiary alicyclic amines) is 1. The third kappa shape index (κ3) is 4.93. The molecule has 0 aliphatic carbocycles. The molecule has 0 radical (unpaired) electrons. The zero-order chi connectivity index (χ0) is 26.2. The Balaban J connectivity index is 1.35. The van der Waals surface area contributed by atoms with Gasteiger partial charge in [0.25, 0.3) is 0 Å². The van der Waals surface area contributed by atoms with Crippen molar-refractivity contribution in [3.63, 3.8) is 0 Å². The van der Waals surface area contributed by atoms with Gasteiger partial charge < -0.3 is 25.4 Å². The standard InChI is InChI=1S/C26H35BrN4O5S/c1-16(15-32)31-22(24(34)28-7-8-30-9-11-36-12-10-30)26-13-18(27)21(37-26)19(20(26)25(31)35)23(33)29-14-17-5-3-2-4-6-17/h2-6,16,18-22,32H,7-15H2,1H3,(H,28,34)(H,29,33)/t16-,18?,19+,20+,21+,22?,26?/m1/s1. The van der Waals surface area contributed by atoms with Gasteiger partial charge in [0.2, 0.25) is 17.7 Å². The predicted octanol–water partition coefficient (Wildman–Crippen LogP) is 0.597. The summed E-state index contributed by atoms with van der Waals surface area (Å²) in [4.78, 5) is 45.0. The van der Waals surface area contributed by atoms with Crippen LogP contribution >= 0.6 is 27.7 Å². The van der Waals surface area contributed by atoms with Crippen LogP contribution in [0.5, 0.6) is 0 Å². The number of aliphatic hydroxyl groups excluding tert-OH is 1. The summed E-state index contributed by atoms with van der Waals surface area (Å²) in [6.07, 6.45) is 0.622. The lowest BCUT2D eigenvalue weighted by atomic mass is 9.70. The number of hydrogen-bond acceptors (Lipinski definition) is 7. The first-order valence-corrected chi connectivity index (χ1v) is 14.8. The quantitative estimate of drug-likeness (QED) is 0.359. The van der Waals surface area contributed by atoms with Gasteiger partial charge in [-0.15, -0.1) is 11.8 Å². The third-order valence-corrected chi connectivity index (χ3v) is 11.4. The molecule has 1 spiro atoms. The summed E-state index contributed by atoms with van der Waals surface area (Å²) >= 11 is 5.39. The molecule has 0 saturated carbocycles. The van der Waals surface area contributed by atoms with Crippen LogP contribution in [-0.2, 0) is 25.7 Å². The fraction of sp³-hybridized carbons (Fsp3) is 0.654. The molecule has 11 heteroatoms. The zero-order valence-electron chi connectivity index (χ0n) is 21.0. The Bertz CT molecular complexity index is 1010. The monoisotopic (exact) mass is 594 g/mol. The Labute approximate surface area is 230 Å². The van der Waals surface area contributed by atoms with Crippen LogP contribution in [0.2, 0.25) is 0 Å². The summed E-state index contributed by atoms with van der Waals surface area (Å²) in [6.45, 7) is 6.13.